The van der Waals surface area contributed by atoms with Crippen LogP contribution in [0.25, 0.3) is 0 Å². The maximum absolute atomic E-state index is 13.4. The van der Waals surface area contributed by atoms with Crippen LogP contribution >= 0.6 is 0 Å². The van der Waals surface area contributed by atoms with Crippen LogP contribution in [0.2, 0.25) is 0 Å². The van der Waals surface area contributed by atoms with Crippen molar-refractivity contribution in [2.75, 3.05) is 31.1 Å². The lowest BCUT2D eigenvalue weighted by molar-refractivity contribution is 0.00589. The first-order valence-corrected chi connectivity index (χ1v) is 11.2. The summed E-state index contributed by atoms with van der Waals surface area (Å²) >= 11 is 0. The number of rotatable bonds is 2. The Bertz CT molecular complexity index is 912. The molecule has 4 rings (SSSR count). The molecule has 1 aromatic carbocycles. The Morgan fingerprint density at radius 1 is 0.935 bits per heavy atom. The Morgan fingerprint density at radius 3 is 2.45 bits per heavy atom. The molecule has 2 N–H and O–H groups in total. The number of likely N-dealkylation sites (tertiary alicyclic amines) is 1. The zero-order valence-corrected chi connectivity index (χ0v) is 17.8. The zero-order valence-electron chi connectivity index (χ0n) is 17.8. The monoisotopic (exact) mass is 422 g/mol. The summed E-state index contributed by atoms with van der Waals surface area (Å²) < 4.78 is 0. The summed E-state index contributed by atoms with van der Waals surface area (Å²) in [5.74, 6) is -0.128. The molecule has 164 valence electrons. The Labute approximate surface area is 183 Å². The second-order valence-electron chi connectivity index (χ2n) is 8.34. The third-order valence-corrected chi connectivity index (χ3v) is 5.99. The van der Waals surface area contributed by atoms with Crippen LogP contribution in [-0.4, -0.2) is 59.1 Å². The molecule has 1 fully saturated rings. The van der Waals surface area contributed by atoms with Gasteiger partial charge in [0.1, 0.15) is 0 Å². The van der Waals surface area contributed by atoms with Crippen molar-refractivity contribution in [3.63, 3.8) is 0 Å². The summed E-state index contributed by atoms with van der Waals surface area (Å²) in [5, 5.41) is 13.0. The molecule has 2 aliphatic heterocycles. The number of amides is 2. The molecule has 7 heteroatoms. The Balaban J connectivity index is 1.66. The van der Waals surface area contributed by atoms with Gasteiger partial charge in [-0.15, -0.1) is 0 Å². The Morgan fingerprint density at radius 2 is 1.68 bits per heavy atom. The molecule has 2 aliphatic rings. The van der Waals surface area contributed by atoms with Crippen molar-refractivity contribution in [2.24, 2.45) is 0 Å². The molecule has 31 heavy (non-hydrogen) atoms. The average molecular weight is 423 g/mol. The molecule has 2 aromatic rings. The van der Waals surface area contributed by atoms with E-state index >= 15 is 0 Å². The first-order chi connectivity index (χ1) is 15.1. The van der Waals surface area contributed by atoms with Crippen LogP contribution in [0, 0.1) is 0 Å². The maximum atomic E-state index is 13.4. The number of fused-ring (bicyclic) bond motifs is 1. The summed E-state index contributed by atoms with van der Waals surface area (Å²) in [6.07, 6.45) is 8.33. The van der Waals surface area contributed by atoms with Gasteiger partial charge in [0.25, 0.3) is 11.8 Å². The fourth-order valence-corrected chi connectivity index (χ4v) is 4.18. The van der Waals surface area contributed by atoms with E-state index in [2.05, 4.69) is 10.3 Å². The summed E-state index contributed by atoms with van der Waals surface area (Å²) in [4.78, 5) is 33.7. The van der Waals surface area contributed by atoms with Crippen LogP contribution in [0.5, 0.6) is 0 Å². The largest absolute Gasteiger partial charge is 0.389 e. The minimum Gasteiger partial charge on any atom is -0.389 e. The molecule has 0 bridgehead atoms. The van der Waals surface area contributed by atoms with Gasteiger partial charge in [0, 0.05) is 55.4 Å². The zero-order chi connectivity index (χ0) is 21.6. The van der Waals surface area contributed by atoms with Crippen molar-refractivity contribution >= 4 is 17.5 Å². The highest BCUT2D eigenvalue weighted by Gasteiger charge is 2.30. The van der Waals surface area contributed by atoms with Crippen molar-refractivity contribution < 1.29 is 14.7 Å². The molecule has 0 atom stereocenters. The van der Waals surface area contributed by atoms with Gasteiger partial charge in [-0.1, -0.05) is 19.3 Å². The summed E-state index contributed by atoms with van der Waals surface area (Å²) in [5.41, 5.74) is 2.98. The molecule has 0 aliphatic carbocycles. The van der Waals surface area contributed by atoms with Gasteiger partial charge >= 0.3 is 0 Å². The molecule has 7 nitrogen and oxygen atoms in total. The highest BCUT2D eigenvalue weighted by molar-refractivity contribution is 6.06. The van der Waals surface area contributed by atoms with Crippen molar-refractivity contribution in [2.45, 2.75) is 44.8 Å². The molecule has 1 saturated heterocycles. The highest BCUT2D eigenvalue weighted by Crippen LogP contribution is 2.27. The maximum Gasteiger partial charge on any atom is 0.258 e. The van der Waals surface area contributed by atoms with Gasteiger partial charge in [0.2, 0.25) is 0 Å². The first-order valence-electron chi connectivity index (χ1n) is 11.2. The van der Waals surface area contributed by atoms with E-state index in [0.717, 1.165) is 37.1 Å². The summed E-state index contributed by atoms with van der Waals surface area (Å²) in [7, 11) is 0. The molecule has 0 saturated carbocycles. The number of hydrogen-bond acceptors (Lipinski definition) is 5. The van der Waals surface area contributed by atoms with Gasteiger partial charge in [-0.2, -0.15) is 0 Å². The lowest BCUT2D eigenvalue weighted by Gasteiger charge is -2.36. The van der Waals surface area contributed by atoms with Crippen LogP contribution in [0.4, 0.5) is 5.69 Å². The standard InChI is InChI=1S/C24H30N4O3/c29-21-16-27(17-21)23(30)19-6-7-22-20(14-19)15-26-10-4-2-1-3-5-13-28(22)24(31)18-8-11-25-12-9-18/h6-9,11-12,14,21,26,29H,1-5,10,13,15-17H2. The van der Waals surface area contributed by atoms with Crippen molar-refractivity contribution in [3.8, 4) is 0 Å². The number of β-amino-alcohol motifs (C(OH)–C–C–N with tert-alkyl or cyclic N) is 1. The van der Waals surface area contributed by atoms with Crippen molar-refractivity contribution in [3.05, 3.63) is 59.4 Å². The predicted molar refractivity (Wildman–Crippen MR) is 119 cm³/mol. The van der Waals surface area contributed by atoms with Crippen molar-refractivity contribution in [1.82, 2.24) is 15.2 Å². The van der Waals surface area contributed by atoms with Gasteiger partial charge in [-0.25, -0.2) is 0 Å². The molecule has 0 unspecified atom stereocenters. The third-order valence-electron chi connectivity index (χ3n) is 5.99. The van der Waals surface area contributed by atoms with E-state index in [1.165, 1.54) is 12.8 Å². The number of benzene rings is 1. The number of anilines is 1. The summed E-state index contributed by atoms with van der Waals surface area (Å²) in [6.45, 7) is 2.90. The lowest BCUT2D eigenvalue weighted by atomic mass is 10.0. The molecule has 0 spiro atoms. The van der Waals surface area contributed by atoms with Crippen molar-refractivity contribution in [1.29, 1.82) is 0 Å². The normalized spacial score (nSPS) is 18.4. The molecule has 0 radical (unpaired) electrons. The number of hydrogen-bond donors (Lipinski definition) is 2. The Hall–Kier alpha value is -2.77. The van der Waals surface area contributed by atoms with Gasteiger partial charge in [-0.05, 0) is 55.3 Å². The SMILES string of the molecule is O=C(c1ccc2c(c1)CNCCCCCCCN2C(=O)c1ccncc1)N1CC(O)C1. The first kappa shape index (κ1) is 21.5. The minimum atomic E-state index is -0.427. The number of carbonyl (C=O) groups excluding carboxylic acids is 2. The Kier molecular flexibility index (Phi) is 6.94. The minimum absolute atomic E-state index is 0.0503. The highest BCUT2D eigenvalue weighted by atomic mass is 16.3. The lowest BCUT2D eigenvalue weighted by Crippen LogP contribution is -2.53. The fourth-order valence-electron chi connectivity index (χ4n) is 4.18. The topological polar surface area (TPSA) is 85.8 Å². The quantitative estimate of drug-likeness (QED) is 0.777. The number of carbonyl (C=O) groups is 2. The number of pyridine rings is 1. The molecule has 3 heterocycles. The van der Waals surface area contributed by atoms with Gasteiger partial charge in [0.05, 0.1) is 6.10 Å². The van der Waals surface area contributed by atoms with E-state index in [4.69, 9.17) is 0 Å². The van der Waals surface area contributed by atoms with Crippen LogP contribution in [0.1, 0.15) is 58.4 Å². The van der Waals surface area contributed by atoms with Crippen LogP contribution in [-0.2, 0) is 6.54 Å². The van der Waals surface area contributed by atoms with E-state index in [0.29, 0.717) is 37.3 Å². The van der Waals surface area contributed by atoms with Gasteiger partial charge in [0.15, 0.2) is 0 Å². The number of nitrogens with one attached hydrogen (secondary N) is 1. The average Bonchev–Trinajstić information content (AvgIpc) is 2.77. The van der Waals surface area contributed by atoms with Crippen LogP contribution in [0.15, 0.2) is 42.7 Å². The number of aromatic nitrogens is 1. The van der Waals surface area contributed by atoms with Gasteiger partial charge in [-0.3, -0.25) is 14.6 Å². The second kappa shape index (κ2) is 10.0. The molecular weight excluding hydrogens is 392 g/mol. The number of nitrogens with zero attached hydrogens (tertiary/aromatic N) is 3. The van der Waals surface area contributed by atoms with E-state index in [1.807, 2.05) is 17.0 Å². The smallest absolute Gasteiger partial charge is 0.258 e. The van der Waals surface area contributed by atoms with E-state index in [-0.39, 0.29) is 11.8 Å². The molecule has 1 aromatic heterocycles. The second-order valence-corrected chi connectivity index (χ2v) is 8.34. The van der Waals surface area contributed by atoms with E-state index < -0.39 is 6.10 Å². The third kappa shape index (κ3) is 5.11. The molecule has 2 amide bonds. The number of aliphatic hydroxyl groups excluding tert-OH is 1. The predicted octanol–water partition coefficient (Wildman–Crippen LogP) is 2.60. The van der Waals surface area contributed by atoms with E-state index in [9.17, 15) is 14.7 Å². The fraction of sp³-hybridized carbons (Fsp3) is 0.458. The van der Waals surface area contributed by atoms with Crippen LogP contribution < -0.4 is 10.2 Å². The summed E-state index contributed by atoms with van der Waals surface area (Å²) in [6, 6.07) is 9.07. The van der Waals surface area contributed by atoms with Gasteiger partial charge < -0.3 is 20.2 Å². The number of aliphatic hydroxyl groups is 1. The van der Waals surface area contributed by atoms with Crippen LogP contribution in [0.3, 0.4) is 0 Å². The van der Waals surface area contributed by atoms with E-state index in [1.54, 1.807) is 35.5 Å². The molecular formula is C24H30N4O3.